The summed E-state index contributed by atoms with van der Waals surface area (Å²) in [6.45, 7) is 4.47. The Labute approximate surface area is 103 Å². The van der Waals surface area contributed by atoms with Crippen molar-refractivity contribution in [2.75, 3.05) is 0 Å². The van der Waals surface area contributed by atoms with Crippen molar-refractivity contribution in [3.05, 3.63) is 21.5 Å². The summed E-state index contributed by atoms with van der Waals surface area (Å²) in [5, 5.41) is 0. The van der Waals surface area contributed by atoms with E-state index in [-0.39, 0.29) is 24.8 Å². The average molecular weight is 257 g/mol. The topological polar surface area (TPSA) is 0 Å². The van der Waals surface area contributed by atoms with Crippen molar-refractivity contribution < 1.29 is 42.2 Å². The van der Waals surface area contributed by atoms with E-state index in [2.05, 4.69) is 37.3 Å². The minimum absolute atomic E-state index is 0. The van der Waals surface area contributed by atoms with Crippen molar-refractivity contribution in [2.24, 2.45) is 0 Å². The minimum Gasteiger partial charge on any atom is -1.00 e. The first kappa shape index (κ1) is 16.1. The summed E-state index contributed by atoms with van der Waals surface area (Å²) < 4.78 is 1.49. The molecule has 0 nitrogen and oxygen atoms in total. The van der Waals surface area contributed by atoms with E-state index in [1.165, 1.54) is 35.5 Å². The Bertz CT molecular complexity index is 207. The molecule has 0 saturated carbocycles. The fourth-order valence-electron chi connectivity index (χ4n) is 1.33. The fraction of sp³-hybridized carbons (Fsp3) is 0.600. The third-order valence-electron chi connectivity index (χ3n) is 2.16. The quantitative estimate of drug-likeness (QED) is 0.517. The Morgan fingerprint density at radius 3 is 2.38 bits per heavy atom. The molecular formula is C10H15Cl2V. The molecule has 74 valence electrons. The number of halogens is 2. The molecule has 0 aromatic rings. The smallest absolute Gasteiger partial charge is 1.00 e. The SMILES string of the molecule is CCCCC1=CCC(C)=[C]1[V+2].[Cl-].[Cl-]. The number of rotatable bonds is 3. The van der Waals surface area contributed by atoms with Crippen LogP contribution in [0.3, 0.4) is 0 Å². The van der Waals surface area contributed by atoms with Gasteiger partial charge in [-0.1, -0.05) is 0 Å². The van der Waals surface area contributed by atoms with E-state index < -0.39 is 0 Å². The molecule has 0 fully saturated rings. The van der Waals surface area contributed by atoms with E-state index in [0.29, 0.717) is 0 Å². The molecule has 1 rings (SSSR count). The van der Waals surface area contributed by atoms with E-state index in [0.717, 1.165) is 0 Å². The zero-order valence-corrected chi connectivity index (χ0v) is 11.0. The molecule has 0 unspecified atom stereocenters. The predicted octanol–water partition coefficient (Wildman–Crippen LogP) is -2.66. The summed E-state index contributed by atoms with van der Waals surface area (Å²) in [6, 6.07) is 0. The first-order valence-corrected chi connectivity index (χ1v) is 5.03. The summed E-state index contributed by atoms with van der Waals surface area (Å²) in [5.74, 6) is 0. The van der Waals surface area contributed by atoms with Gasteiger partial charge in [-0.05, 0) is 0 Å². The second-order valence-electron chi connectivity index (χ2n) is 3.17. The molecular weight excluding hydrogens is 242 g/mol. The van der Waals surface area contributed by atoms with Crippen LogP contribution < -0.4 is 24.8 Å². The summed E-state index contributed by atoms with van der Waals surface area (Å²) in [6.07, 6.45) is 7.47. The fourth-order valence-corrected chi connectivity index (χ4v) is 1.79. The first-order chi connectivity index (χ1) is 5.25. The Kier molecular flexibility index (Phi) is 9.89. The van der Waals surface area contributed by atoms with Crippen LogP contribution in [-0.2, 0) is 17.4 Å². The van der Waals surface area contributed by atoms with Crippen LogP contribution in [0.4, 0.5) is 0 Å². The second-order valence-corrected chi connectivity index (χ2v) is 3.86. The van der Waals surface area contributed by atoms with Crippen molar-refractivity contribution in [1.29, 1.82) is 0 Å². The molecule has 0 spiro atoms. The summed E-state index contributed by atoms with van der Waals surface area (Å²) in [5.41, 5.74) is 3.11. The molecule has 0 aliphatic heterocycles. The van der Waals surface area contributed by atoms with E-state index in [4.69, 9.17) is 0 Å². The molecule has 0 heterocycles. The van der Waals surface area contributed by atoms with Gasteiger partial charge in [0, 0.05) is 0 Å². The Hall–Kier alpha value is 0.644. The predicted molar refractivity (Wildman–Crippen MR) is 44.9 cm³/mol. The molecule has 0 atom stereocenters. The largest absolute Gasteiger partial charge is 1.00 e. The zero-order valence-electron chi connectivity index (χ0n) is 8.11. The molecule has 0 N–H and O–H groups in total. The normalized spacial score (nSPS) is 14.7. The average Bonchev–Trinajstić information content (AvgIpc) is 2.31. The molecule has 1 aliphatic carbocycles. The zero-order chi connectivity index (χ0) is 8.27. The van der Waals surface area contributed by atoms with E-state index >= 15 is 0 Å². The first-order valence-electron chi connectivity index (χ1n) is 4.33. The number of allylic oxidation sites excluding steroid dienone is 4. The second kappa shape index (κ2) is 7.99. The van der Waals surface area contributed by atoms with Crippen LogP contribution in [0.5, 0.6) is 0 Å². The van der Waals surface area contributed by atoms with Crippen molar-refractivity contribution >= 4 is 0 Å². The summed E-state index contributed by atoms with van der Waals surface area (Å²) in [4.78, 5) is 0. The van der Waals surface area contributed by atoms with Gasteiger partial charge < -0.3 is 24.8 Å². The maximum atomic E-state index is 2.71. The van der Waals surface area contributed by atoms with Crippen LogP contribution in [0, 0.1) is 0 Å². The third-order valence-corrected chi connectivity index (χ3v) is 3.21. The van der Waals surface area contributed by atoms with Crippen molar-refractivity contribution in [2.45, 2.75) is 39.5 Å². The third kappa shape index (κ3) is 4.60. The van der Waals surface area contributed by atoms with Crippen molar-refractivity contribution in [1.82, 2.24) is 0 Å². The molecule has 13 heavy (non-hydrogen) atoms. The van der Waals surface area contributed by atoms with Gasteiger partial charge in [-0.25, -0.2) is 0 Å². The maximum Gasteiger partial charge on any atom is -1.00 e. The van der Waals surface area contributed by atoms with Crippen LogP contribution >= 0.6 is 0 Å². The van der Waals surface area contributed by atoms with Gasteiger partial charge in [0.15, 0.2) is 0 Å². The van der Waals surface area contributed by atoms with Gasteiger partial charge in [-0.2, -0.15) is 0 Å². The van der Waals surface area contributed by atoms with Gasteiger partial charge in [0.25, 0.3) is 0 Å². The van der Waals surface area contributed by atoms with Crippen LogP contribution in [0.2, 0.25) is 0 Å². The van der Waals surface area contributed by atoms with Crippen LogP contribution in [-0.4, -0.2) is 0 Å². The van der Waals surface area contributed by atoms with Crippen LogP contribution in [0.1, 0.15) is 39.5 Å². The Morgan fingerprint density at radius 1 is 1.38 bits per heavy atom. The van der Waals surface area contributed by atoms with Crippen LogP contribution in [0.25, 0.3) is 0 Å². The number of unbranched alkanes of at least 4 members (excludes halogenated alkanes) is 1. The summed E-state index contributed by atoms with van der Waals surface area (Å²) in [7, 11) is 0. The van der Waals surface area contributed by atoms with Crippen LogP contribution in [0.15, 0.2) is 21.5 Å². The molecule has 3 heteroatoms. The van der Waals surface area contributed by atoms with Gasteiger partial charge in [0.2, 0.25) is 0 Å². The summed E-state index contributed by atoms with van der Waals surface area (Å²) >= 11 is 2.71. The van der Waals surface area contributed by atoms with Gasteiger partial charge in [-0.15, -0.1) is 0 Å². The van der Waals surface area contributed by atoms with Gasteiger partial charge in [0.1, 0.15) is 0 Å². The number of hydrogen-bond acceptors (Lipinski definition) is 0. The number of hydrogen-bond donors (Lipinski definition) is 0. The molecule has 0 aromatic heterocycles. The van der Waals surface area contributed by atoms with Gasteiger partial charge in [0.05, 0.1) is 0 Å². The van der Waals surface area contributed by atoms with Gasteiger partial charge >= 0.3 is 78.5 Å². The monoisotopic (exact) mass is 256 g/mol. The van der Waals surface area contributed by atoms with E-state index in [9.17, 15) is 0 Å². The van der Waals surface area contributed by atoms with Crippen molar-refractivity contribution in [3.8, 4) is 0 Å². The van der Waals surface area contributed by atoms with Gasteiger partial charge in [-0.3, -0.25) is 0 Å². The Balaban J connectivity index is 0. The molecule has 0 aromatic carbocycles. The maximum absolute atomic E-state index is 2.71. The van der Waals surface area contributed by atoms with Crippen molar-refractivity contribution in [3.63, 3.8) is 0 Å². The molecule has 0 bridgehead atoms. The molecule has 1 aliphatic rings. The minimum atomic E-state index is 0. The molecule has 0 radical (unpaired) electrons. The Morgan fingerprint density at radius 2 is 2.00 bits per heavy atom. The van der Waals surface area contributed by atoms with E-state index in [1.807, 2.05) is 0 Å². The standard InChI is InChI=1S/C10H15.2ClH.V/c1-3-4-5-10-7-6-9(2)8-10;;;/h7H,3-6H2,1-2H3;2*1H;/q;;;+2/p-2. The molecule has 0 saturated heterocycles. The molecule has 0 amide bonds. The van der Waals surface area contributed by atoms with E-state index in [1.54, 1.807) is 5.57 Å².